The number of amides is 1. The van der Waals surface area contributed by atoms with Crippen LogP contribution in [0, 0.1) is 0 Å². The molecule has 35 heavy (non-hydrogen) atoms. The van der Waals surface area contributed by atoms with Gasteiger partial charge in [0.05, 0.1) is 18.9 Å². The number of hydrogen-bond donors (Lipinski definition) is 2. The third-order valence-electron chi connectivity index (χ3n) is 5.19. The van der Waals surface area contributed by atoms with E-state index in [1.54, 1.807) is 12.1 Å². The van der Waals surface area contributed by atoms with Crippen LogP contribution in [0.4, 0.5) is 11.5 Å². The standard InChI is InChI=1S/C28H28N4O3.2H2/c1-3-34-25-15-13-20(17-26(25)35-4-2)19-29-28(33)22-11-8-12-23(18-22)30-27-16-14-24(31-32-27)21-9-6-5-7-10-21;;/h5-18H,3-4,19H2,1-2H3,(H,29,33)(H,30,32);2*1H. The van der Waals surface area contributed by atoms with Crippen molar-refractivity contribution in [3.05, 3.63) is 96.1 Å². The zero-order valence-corrected chi connectivity index (χ0v) is 19.8. The molecule has 1 heterocycles. The quantitative estimate of drug-likeness (QED) is 0.290. The molecule has 0 aliphatic heterocycles. The van der Waals surface area contributed by atoms with Crippen molar-refractivity contribution >= 4 is 17.4 Å². The number of hydrogen-bond acceptors (Lipinski definition) is 6. The molecule has 0 aliphatic carbocycles. The van der Waals surface area contributed by atoms with E-state index in [-0.39, 0.29) is 8.76 Å². The normalized spacial score (nSPS) is 10.5. The average molecular weight is 473 g/mol. The monoisotopic (exact) mass is 472 g/mol. The van der Waals surface area contributed by atoms with Crippen LogP contribution in [0.5, 0.6) is 11.5 Å². The molecule has 1 amide bonds. The van der Waals surface area contributed by atoms with Gasteiger partial charge >= 0.3 is 0 Å². The van der Waals surface area contributed by atoms with E-state index >= 15 is 0 Å². The molecular weight excluding hydrogens is 440 g/mol. The van der Waals surface area contributed by atoms with Crippen molar-refractivity contribution in [3.8, 4) is 22.8 Å². The van der Waals surface area contributed by atoms with Crippen molar-refractivity contribution in [2.45, 2.75) is 20.4 Å². The molecule has 3 aromatic carbocycles. The van der Waals surface area contributed by atoms with Gasteiger partial charge in [-0.25, -0.2) is 0 Å². The summed E-state index contributed by atoms with van der Waals surface area (Å²) >= 11 is 0. The third-order valence-corrected chi connectivity index (χ3v) is 5.19. The Morgan fingerprint density at radius 1 is 0.829 bits per heavy atom. The Kier molecular flexibility index (Phi) is 7.91. The lowest BCUT2D eigenvalue weighted by atomic mass is 10.1. The molecule has 1 aromatic heterocycles. The fourth-order valence-corrected chi connectivity index (χ4v) is 3.54. The molecule has 0 radical (unpaired) electrons. The number of ether oxygens (including phenoxy) is 2. The summed E-state index contributed by atoms with van der Waals surface area (Å²) < 4.78 is 11.3. The SMILES string of the molecule is CCOc1ccc(CNC(=O)c2cccc(Nc3ccc(-c4ccccc4)nn3)c2)cc1OCC.[HH].[HH]. The fourth-order valence-electron chi connectivity index (χ4n) is 3.54. The van der Waals surface area contributed by atoms with Crippen LogP contribution in [0.25, 0.3) is 11.3 Å². The smallest absolute Gasteiger partial charge is 0.251 e. The van der Waals surface area contributed by atoms with Crippen molar-refractivity contribution in [1.29, 1.82) is 0 Å². The lowest BCUT2D eigenvalue weighted by Gasteiger charge is -2.13. The van der Waals surface area contributed by atoms with Crippen LogP contribution < -0.4 is 20.1 Å². The first-order chi connectivity index (χ1) is 17.2. The predicted molar refractivity (Wildman–Crippen MR) is 141 cm³/mol. The largest absolute Gasteiger partial charge is 0.490 e. The van der Waals surface area contributed by atoms with Gasteiger partial charge in [-0.15, -0.1) is 10.2 Å². The molecule has 0 bridgehead atoms. The van der Waals surface area contributed by atoms with E-state index in [4.69, 9.17) is 9.47 Å². The van der Waals surface area contributed by atoms with E-state index in [1.165, 1.54) is 0 Å². The topological polar surface area (TPSA) is 85.4 Å². The first-order valence-electron chi connectivity index (χ1n) is 11.6. The molecule has 7 nitrogen and oxygen atoms in total. The van der Waals surface area contributed by atoms with E-state index in [0.29, 0.717) is 42.6 Å². The number of carbonyl (C=O) groups is 1. The summed E-state index contributed by atoms with van der Waals surface area (Å²) in [5, 5.41) is 14.7. The summed E-state index contributed by atoms with van der Waals surface area (Å²) in [5.74, 6) is 1.79. The maximum Gasteiger partial charge on any atom is 0.251 e. The molecule has 0 aliphatic rings. The van der Waals surface area contributed by atoms with Crippen LogP contribution in [-0.2, 0) is 6.54 Å². The predicted octanol–water partition coefficient (Wildman–Crippen LogP) is 6.11. The van der Waals surface area contributed by atoms with Gasteiger partial charge < -0.3 is 20.1 Å². The summed E-state index contributed by atoms with van der Waals surface area (Å²) in [6.07, 6.45) is 0. The van der Waals surface area contributed by atoms with Gasteiger partial charge in [-0.3, -0.25) is 4.79 Å². The van der Waals surface area contributed by atoms with Gasteiger partial charge in [0.1, 0.15) is 0 Å². The number of rotatable bonds is 10. The number of anilines is 2. The lowest BCUT2D eigenvalue weighted by molar-refractivity contribution is 0.0951. The van der Waals surface area contributed by atoms with Crippen molar-refractivity contribution in [2.24, 2.45) is 0 Å². The summed E-state index contributed by atoms with van der Waals surface area (Å²) in [6, 6.07) is 26.6. The van der Waals surface area contributed by atoms with Crippen LogP contribution in [0.2, 0.25) is 0 Å². The first-order valence-corrected chi connectivity index (χ1v) is 11.6. The van der Waals surface area contributed by atoms with E-state index in [0.717, 1.165) is 22.5 Å². The highest BCUT2D eigenvalue weighted by Gasteiger charge is 2.10. The van der Waals surface area contributed by atoms with Crippen LogP contribution in [0.3, 0.4) is 0 Å². The van der Waals surface area contributed by atoms with E-state index in [2.05, 4.69) is 20.8 Å². The summed E-state index contributed by atoms with van der Waals surface area (Å²) in [6.45, 7) is 5.32. The second kappa shape index (κ2) is 11.7. The Labute approximate surface area is 208 Å². The Bertz CT molecular complexity index is 1270. The maximum absolute atomic E-state index is 12.8. The molecule has 182 valence electrons. The van der Waals surface area contributed by atoms with Gasteiger partial charge in [0.2, 0.25) is 0 Å². The second-order valence-electron chi connectivity index (χ2n) is 7.71. The fraction of sp³-hybridized carbons (Fsp3) is 0.179. The average Bonchev–Trinajstić information content (AvgIpc) is 2.90. The molecule has 0 atom stereocenters. The minimum absolute atomic E-state index is 0. The minimum atomic E-state index is -0.175. The Morgan fingerprint density at radius 3 is 2.37 bits per heavy atom. The highest BCUT2D eigenvalue weighted by atomic mass is 16.5. The molecule has 2 N–H and O–H groups in total. The number of carbonyl (C=O) groups excluding carboxylic acids is 1. The van der Waals surface area contributed by atoms with Crippen LogP contribution >= 0.6 is 0 Å². The Hall–Kier alpha value is -4.39. The zero-order chi connectivity index (χ0) is 24.5. The van der Waals surface area contributed by atoms with Crippen LogP contribution in [0.15, 0.2) is 84.9 Å². The van der Waals surface area contributed by atoms with Gasteiger partial charge in [-0.05, 0) is 61.9 Å². The molecule has 0 fully saturated rings. The van der Waals surface area contributed by atoms with E-state index < -0.39 is 0 Å². The maximum atomic E-state index is 12.8. The third kappa shape index (κ3) is 6.35. The lowest BCUT2D eigenvalue weighted by Crippen LogP contribution is -2.22. The van der Waals surface area contributed by atoms with Crippen molar-refractivity contribution < 1.29 is 17.1 Å². The Morgan fingerprint density at radius 2 is 1.63 bits per heavy atom. The number of aromatic nitrogens is 2. The second-order valence-corrected chi connectivity index (χ2v) is 7.71. The number of nitrogens with zero attached hydrogens (tertiary/aromatic N) is 2. The highest BCUT2D eigenvalue weighted by Crippen LogP contribution is 2.28. The molecule has 7 heteroatoms. The molecule has 4 rings (SSSR count). The van der Waals surface area contributed by atoms with Crippen LogP contribution in [0.1, 0.15) is 32.6 Å². The van der Waals surface area contributed by atoms with Crippen LogP contribution in [-0.4, -0.2) is 29.3 Å². The minimum Gasteiger partial charge on any atom is -0.490 e. The van der Waals surface area contributed by atoms with Crippen molar-refractivity contribution in [2.75, 3.05) is 18.5 Å². The van der Waals surface area contributed by atoms with Gasteiger partial charge in [-0.2, -0.15) is 0 Å². The van der Waals surface area contributed by atoms with E-state index in [9.17, 15) is 4.79 Å². The molecule has 0 spiro atoms. The summed E-state index contributed by atoms with van der Waals surface area (Å²) in [7, 11) is 0. The molecule has 0 unspecified atom stereocenters. The summed E-state index contributed by atoms with van der Waals surface area (Å²) in [5.41, 5.74) is 4.02. The molecule has 4 aromatic rings. The zero-order valence-electron chi connectivity index (χ0n) is 19.8. The number of nitrogens with one attached hydrogen (secondary N) is 2. The van der Waals surface area contributed by atoms with Crippen molar-refractivity contribution in [3.63, 3.8) is 0 Å². The van der Waals surface area contributed by atoms with Crippen molar-refractivity contribution in [1.82, 2.24) is 15.5 Å². The van der Waals surface area contributed by atoms with Gasteiger partial charge in [0.15, 0.2) is 17.3 Å². The highest BCUT2D eigenvalue weighted by molar-refractivity contribution is 5.95. The molecule has 0 saturated heterocycles. The first kappa shape index (κ1) is 23.8. The van der Waals surface area contributed by atoms with Gasteiger partial charge in [-0.1, -0.05) is 42.5 Å². The molecule has 0 saturated carbocycles. The van der Waals surface area contributed by atoms with Gasteiger partial charge in [0.25, 0.3) is 5.91 Å². The Balaban J connectivity index is 0.00000241. The van der Waals surface area contributed by atoms with E-state index in [1.807, 2.05) is 86.6 Å². The number of benzene rings is 3. The molecular formula is C28H32N4O3. The summed E-state index contributed by atoms with van der Waals surface area (Å²) in [4.78, 5) is 12.8. The van der Waals surface area contributed by atoms with Gasteiger partial charge in [0, 0.05) is 26.2 Å².